The number of carbonyl (C=O) groups excluding carboxylic acids is 1. The van der Waals surface area contributed by atoms with Gasteiger partial charge in [0.25, 0.3) is 0 Å². The maximum Gasteiger partial charge on any atom is 0.187 e. The molecule has 2 N–H and O–H groups in total. The van der Waals surface area contributed by atoms with E-state index in [2.05, 4.69) is 21.9 Å². The summed E-state index contributed by atoms with van der Waals surface area (Å²) >= 11 is 1.48. The largest absolute Gasteiger partial charge is 0.379 e. The molecule has 29 heavy (non-hydrogen) atoms. The Bertz CT molecular complexity index is 900. The van der Waals surface area contributed by atoms with Crippen LogP contribution >= 0.6 is 11.8 Å². The fourth-order valence-electron chi connectivity index (χ4n) is 3.44. The van der Waals surface area contributed by atoms with Crippen LogP contribution in [0.25, 0.3) is 0 Å². The topological polar surface area (TPSA) is 81.2 Å². The van der Waals surface area contributed by atoms with E-state index in [1.807, 2.05) is 6.92 Å². The highest BCUT2D eigenvalue weighted by molar-refractivity contribution is 8.13. The Morgan fingerprint density at radius 1 is 1.28 bits per heavy atom. The second-order valence-corrected chi connectivity index (χ2v) is 8.70. The van der Waals surface area contributed by atoms with E-state index in [4.69, 9.17) is 5.73 Å². The number of hydrogen-bond acceptors (Lipinski definition) is 6. The first-order chi connectivity index (χ1) is 13.9. The molecule has 1 aromatic heterocycles. The van der Waals surface area contributed by atoms with Gasteiger partial charge in [-0.1, -0.05) is 37.6 Å². The highest BCUT2D eigenvalue weighted by atomic mass is 32.2. The van der Waals surface area contributed by atoms with Crippen molar-refractivity contribution in [3.05, 3.63) is 58.9 Å². The zero-order valence-corrected chi connectivity index (χ0v) is 17.8. The van der Waals surface area contributed by atoms with E-state index in [0.717, 1.165) is 42.7 Å². The number of rotatable bonds is 8. The van der Waals surface area contributed by atoms with Gasteiger partial charge in [-0.05, 0) is 43.9 Å². The Balaban J connectivity index is 1.73. The number of halogens is 1. The van der Waals surface area contributed by atoms with E-state index in [0.29, 0.717) is 22.8 Å². The molecule has 0 bridgehead atoms. The molecule has 1 aromatic carbocycles. The maximum atomic E-state index is 14.5. The van der Waals surface area contributed by atoms with Gasteiger partial charge in [0, 0.05) is 23.9 Å². The SMILES string of the molecule is CCCCCc1cnc(C(=O)Cc2ccc(F)c([C@]3(C)CCSC(N)=N3)c2)cn1. The van der Waals surface area contributed by atoms with Gasteiger partial charge in [-0.15, -0.1) is 0 Å². The molecule has 0 unspecified atom stereocenters. The molecule has 1 aliphatic heterocycles. The molecule has 0 saturated heterocycles. The average Bonchev–Trinajstić information content (AvgIpc) is 2.70. The van der Waals surface area contributed by atoms with E-state index in [9.17, 15) is 9.18 Å². The lowest BCUT2D eigenvalue weighted by Crippen LogP contribution is -2.29. The van der Waals surface area contributed by atoms with Gasteiger partial charge in [0.15, 0.2) is 11.0 Å². The molecule has 0 aliphatic carbocycles. The van der Waals surface area contributed by atoms with Crippen molar-refractivity contribution in [3.63, 3.8) is 0 Å². The summed E-state index contributed by atoms with van der Waals surface area (Å²) in [4.78, 5) is 25.8. The van der Waals surface area contributed by atoms with Crippen LogP contribution in [0.3, 0.4) is 0 Å². The van der Waals surface area contributed by atoms with Crippen LogP contribution in [-0.4, -0.2) is 26.7 Å². The summed E-state index contributed by atoms with van der Waals surface area (Å²) in [5.41, 5.74) is 7.59. The number of hydrogen-bond donors (Lipinski definition) is 1. The number of carbonyl (C=O) groups is 1. The number of benzene rings is 1. The molecule has 0 spiro atoms. The molecule has 0 fully saturated rings. The fraction of sp³-hybridized carbons (Fsp3) is 0.455. The van der Waals surface area contributed by atoms with Crippen molar-refractivity contribution in [1.82, 2.24) is 9.97 Å². The van der Waals surface area contributed by atoms with Gasteiger partial charge in [0.05, 0.1) is 17.4 Å². The number of thioether (sulfide) groups is 1. The second kappa shape index (κ2) is 9.48. The van der Waals surface area contributed by atoms with Crippen LogP contribution < -0.4 is 5.73 Å². The summed E-state index contributed by atoms with van der Waals surface area (Å²) in [5, 5.41) is 0.467. The smallest absolute Gasteiger partial charge is 0.187 e. The monoisotopic (exact) mass is 414 g/mol. The Kier molecular flexibility index (Phi) is 7.00. The summed E-state index contributed by atoms with van der Waals surface area (Å²) in [6, 6.07) is 4.77. The molecule has 5 nitrogen and oxygen atoms in total. The third-order valence-electron chi connectivity index (χ3n) is 5.20. The van der Waals surface area contributed by atoms with E-state index >= 15 is 0 Å². The van der Waals surface area contributed by atoms with Gasteiger partial charge in [-0.2, -0.15) is 0 Å². The molecule has 0 saturated carbocycles. The first kappa shape index (κ1) is 21.4. The van der Waals surface area contributed by atoms with Crippen LogP contribution in [0.2, 0.25) is 0 Å². The standard InChI is InChI=1S/C22H27FN4OS/c1-3-4-5-6-16-13-26-19(14-25-16)20(28)12-15-7-8-18(23)17(11-15)22(2)9-10-29-21(24)27-22/h7-8,11,13-14H,3-6,9-10,12H2,1-2H3,(H2,24,27)/t22-/m0/s1. The summed E-state index contributed by atoms with van der Waals surface area (Å²) in [6.07, 6.45) is 8.30. The molecule has 3 rings (SSSR count). The van der Waals surface area contributed by atoms with Crippen LogP contribution in [0.15, 0.2) is 35.6 Å². The summed E-state index contributed by atoms with van der Waals surface area (Å²) in [5.74, 6) is 0.320. The van der Waals surface area contributed by atoms with Gasteiger partial charge in [0.1, 0.15) is 11.5 Å². The van der Waals surface area contributed by atoms with Crippen molar-refractivity contribution in [2.24, 2.45) is 10.7 Å². The minimum absolute atomic E-state index is 0.137. The number of nitrogens with two attached hydrogens (primary N) is 1. The Morgan fingerprint density at radius 2 is 2.10 bits per heavy atom. The number of ketones is 1. The molecule has 154 valence electrons. The number of Topliss-reactive ketones (excluding diaryl/α,β-unsaturated/α-hetero) is 1. The van der Waals surface area contributed by atoms with Gasteiger partial charge in [0.2, 0.25) is 0 Å². The molecule has 2 heterocycles. The van der Waals surface area contributed by atoms with Crippen molar-refractivity contribution >= 4 is 22.7 Å². The Morgan fingerprint density at radius 3 is 2.79 bits per heavy atom. The molecule has 1 atom stereocenters. The van der Waals surface area contributed by atoms with Crippen molar-refractivity contribution in [3.8, 4) is 0 Å². The number of amidine groups is 1. The van der Waals surface area contributed by atoms with Gasteiger partial charge < -0.3 is 5.73 Å². The zero-order valence-electron chi connectivity index (χ0n) is 16.9. The van der Waals surface area contributed by atoms with Gasteiger partial charge in [-0.25, -0.2) is 9.37 Å². The number of nitrogens with zero attached hydrogens (tertiary/aromatic N) is 3. The summed E-state index contributed by atoms with van der Waals surface area (Å²) in [7, 11) is 0. The second-order valence-electron chi connectivity index (χ2n) is 7.59. The minimum atomic E-state index is -0.710. The third kappa shape index (κ3) is 5.41. The van der Waals surface area contributed by atoms with Crippen LogP contribution in [0, 0.1) is 5.82 Å². The normalized spacial score (nSPS) is 19.1. The highest BCUT2D eigenvalue weighted by Gasteiger charge is 2.32. The molecule has 1 aliphatic rings. The number of aryl methyl sites for hydroxylation is 1. The van der Waals surface area contributed by atoms with Crippen molar-refractivity contribution in [1.29, 1.82) is 0 Å². The minimum Gasteiger partial charge on any atom is -0.379 e. The van der Waals surface area contributed by atoms with Crippen molar-refractivity contribution < 1.29 is 9.18 Å². The molecular formula is C22H27FN4OS. The summed E-state index contributed by atoms with van der Waals surface area (Å²) in [6.45, 7) is 4.04. The lowest BCUT2D eigenvalue weighted by Gasteiger charge is -2.30. The molecule has 7 heteroatoms. The zero-order chi connectivity index (χ0) is 20.9. The van der Waals surface area contributed by atoms with E-state index in [-0.39, 0.29) is 18.0 Å². The van der Waals surface area contributed by atoms with E-state index in [1.54, 1.807) is 24.5 Å². The highest BCUT2D eigenvalue weighted by Crippen LogP contribution is 2.36. The van der Waals surface area contributed by atoms with E-state index < -0.39 is 5.54 Å². The van der Waals surface area contributed by atoms with Crippen LogP contribution in [0.5, 0.6) is 0 Å². The fourth-order valence-corrected chi connectivity index (χ4v) is 4.41. The molecule has 0 radical (unpaired) electrons. The number of aromatic nitrogens is 2. The quantitative estimate of drug-likeness (QED) is 0.510. The van der Waals surface area contributed by atoms with Crippen LogP contribution in [0.1, 0.15) is 66.8 Å². The lowest BCUT2D eigenvalue weighted by molar-refractivity contribution is 0.0987. The Labute approximate surface area is 175 Å². The number of unbranched alkanes of at least 4 members (excludes halogenated alkanes) is 2. The number of aliphatic imine (C=N–C) groups is 1. The average molecular weight is 415 g/mol. The lowest BCUT2D eigenvalue weighted by atomic mass is 9.87. The van der Waals surface area contributed by atoms with Crippen molar-refractivity contribution in [2.75, 3.05) is 5.75 Å². The molecular weight excluding hydrogens is 387 g/mol. The first-order valence-corrected chi connectivity index (χ1v) is 11.0. The predicted molar refractivity (Wildman–Crippen MR) is 116 cm³/mol. The van der Waals surface area contributed by atoms with Gasteiger partial charge >= 0.3 is 0 Å². The molecule has 0 amide bonds. The van der Waals surface area contributed by atoms with Crippen molar-refractivity contribution in [2.45, 2.75) is 57.9 Å². The van der Waals surface area contributed by atoms with Gasteiger partial charge in [-0.3, -0.25) is 14.8 Å². The van der Waals surface area contributed by atoms with Crippen LogP contribution in [0.4, 0.5) is 4.39 Å². The Hall–Kier alpha value is -2.28. The third-order valence-corrected chi connectivity index (χ3v) is 5.99. The predicted octanol–water partition coefficient (Wildman–Crippen LogP) is 4.44. The summed E-state index contributed by atoms with van der Waals surface area (Å²) < 4.78 is 14.5. The van der Waals surface area contributed by atoms with E-state index in [1.165, 1.54) is 17.8 Å². The van der Waals surface area contributed by atoms with Crippen LogP contribution in [-0.2, 0) is 18.4 Å². The first-order valence-electron chi connectivity index (χ1n) is 10.0. The molecule has 2 aromatic rings. The maximum absolute atomic E-state index is 14.5.